The lowest BCUT2D eigenvalue weighted by Gasteiger charge is -2.21. The van der Waals surface area contributed by atoms with E-state index in [-0.39, 0.29) is 18.5 Å². The number of hydrogen-bond acceptors (Lipinski definition) is 5. The van der Waals surface area contributed by atoms with Crippen LogP contribution >= 0.6 is 0 Å². The van der Waals surface area contributed by atoms with Crippen molar-refractivity contribution < 1.29 is 24.2 Å². The average molecular weight is 242 g/mol. The van der Waals surface area contributed by atoms with E-state index in [1.165, 1.54) is 0 Å². The zero-order valence-corrected chi connectivity index (χ0v) is 9.98. The molecule has 5 nitrogen and oxygen atoms in total. The quantitative estimate of drug-likeness (QED) is 0.441. The monoisotopic (exact) mass is 242 g/mol. The summed E-state index contributed by atoms with van der Waals surface area (Å²) in [6.45, 7) is 4.79. The van der Waals surface area contributed by atoms with Crippen molar-refractivity contribution in [2.24, 2.45) is 0 Å². The van der Waals surface area contributed by atoms with E-state index in [4.69, 9.17) is 9.47 Å². The molecule has 1 unspecified atom stereocenters. The molecule has 0 aromatic heterocycles. The third-order valence-electron chi connectivity index (χ3n) is 2.57. The van der Waals surface area contributed by atoms with Crippen LogP contribution in [0, 0.1) is 0 Å². The molecule has 0 aromatic carbocycles. The first-order chi connectivity index (χ1) is 7.99. The minimum absolute atomic E-state index is 0.203. The van der Waals surface area contributed by atoms with E-state index in [0.717, 1.165) is 0 Å². The van der Waals surface area contributed by atoms with Gasteiger partial charge in [-0.2, -0.15) is 0 Å². The van der Waals surface area contributed by atoms with Crippen molar-refractivity contribution >= 4 is 11.8 Å². The summed E-state index contributed by atoms with van der Waals surface area (Å²) in [5, 5.41) is 9.24. The van der Waals surface area contributed by atoms with E-state index in [1.807, 2.05) is 0 Å². The van der Waals surface area contributed by atoms with E-state index < -0.39 is 12.3 Å². The van der Waals surface area contributed by atoms with Gasteiger partial charge in [0.25, 0.3) is 0 Å². The Balaban J connectivity index is 2.21. The summed E-state index contributed by atoms with van der Waals surface area (Å²) in [5.41, 5.74) is 0.432. The van der Waals surface area contributed by atoms with Gasteiger partial charge in [0.1, 0.15) is 18.5 Å². The number of carbonyl (C=O) groups is 2. The first kappa shape index (κ1) is 13.9. The van der Waals surface area contributed by atoms with Gasteiger partial charge >= 0.3 is 5.97 Å². The van der Waals surface area contributed by atoms with E-state index >= 15 is 0 Å². The third kappa shape index (κ3) is 5.10. The lowest BCUT2D eigenvalue weighted by molar-refractivity contribution is -0.165. The molecule has 1 N–H and O–H groups in total. The molecular formula is C12H18O5. The molecule has 96 valence electrons. The maximum absolute atomic E-state index is 11.3. The highest BCUT2D eigenvalue weighted by molar-refractivity contribution is 5.79. The summed E-state index contributed by atoms with van der Waals surface area (Å²) in [7, 11) is 0. The lowest BCUT2D eigenvalue weighted by atomic mass is 9.96. The summed E-state index contributed by atoms with van der Waals surface area (Å²) in [4.78, 5) is 22.3. The normalized spacial score (nSPS) is 18.8. The molecule has 1 rings (SSSR count). The largest absolute Gasteiger partial charge is 0.461 e. The van der Waals surface area contributed by atoms with Gasteiger partial charge in [-0.3, -0.25) is 4.79 Å². The summed E-state index contributed by atoms with van der Waals surface area (Å²) in [6, 6.07) is 0. The SMILES string of the molecule is C=C(C)C(O)OCC(=O)OC1CCC(=O)CC1. The van der Waals surface area contributed by atoms with Gasteiger partial charge in [0, 0.05) is 12.8 Å². The van der Waals surface area contributed by atoms with E-state index in [0.29, 0.717) is 31.3 Å². The Morgan fingerprint density at radius 3 is 2.65 bits per heavy atom. The fourth-order valence-electron chi connectivity index (χ4n) is 1.54. The topological polar surface area (TPSA) is 72.8 Å². The van der Waals surface area contributed by atoms with Crippen LogP contribution in [0.15, 0.2) is 12.2 Å². The maximum atomic E-state index is 11.3. The fraction of sp³-hybridized carbons (Fsp3) is 0.667. The number of esters is 1. The number of ether oxygens (including phenoxy) is 2. The standard InChI is InChI=1S/C12H18O5/c1-8(2)12(15)16-7-11(14)17-10-5-3-9(13)4-6-10/h10,12,15H,1,3-7H2,2H3. The Morgan fingerprint density at radius 1 is 1.53 bits per heavy atom. The van der Waals surface area contributed by atoms with Crippen LogP contribution in [0.5, 0.6) is 0 Å². The van der Waals surface area contributed by atoms with Crippen molar-refractivity contribution in [3.63, 3.8) is 0 Å². The number of rotatable bonds is 5. The molecule has 0 amide bonds. The van der Waals surface area contributed by atoms with Crippen molar-refractivity contribution in [2.75, 3.05) is 6.61 Å². The van der Waals surface area contributed by atoms with Gasteiger partial charge in [0.15, 0.2) is 6.29 Å². The molecule has 1 aliphatic carbocycles. The number of carbonyl (C=O) groups excluding carboxylic acids is 2. The predicted molar refractivity (Wildman–Crippen MR) is 60.1 cm³/mol. The zero-order chi connectivity index (χ0) is 12.8. The first-order valence-electron chi connectivity index (χ1n) is 5.65. The van der Waals surface area contributed by atoms with E-state index in [9.17, 15) is 14.7 Å². The molecule has 0 saturated heterocycles. The van der Waals surface area contributed by atoms with Crippen molar-refractivity contribution in [3.05, 3.63) is 12.2 Å². The van der Waals surface area contributed by atoms with Crippen LogP contribution < -0.4 is 0 Å². The van der Waals surface area contributed by atoms with E-state index in [2.05, 4.69) is 6.58 Å². The molecule has 1 saturated carbocycles. The second-order valence-corrected chi connectivity index (χ2v) is 4.24. The molecule has 0 radical (unpaired) electrons. The van der Waals surface area contributed by atoms with Crippen molar-refractivity contribution in [3.8, 4) is 0 Å². The molecule has 0 spiro atoms. The second-order valence-electron chi connectivity index (χ2n) is 4.24. The van der Waals surface area contributed by atoms with Crippen LogP contribution in [0.1, 0.15) is 32.6 Å². The first-order valence-corrected chi connectivity index (χ1v) is 5.65. The Kier molecular flexibility index (Phi) is 5.31. The van der Waals surface area contributed by atoms with Gasteiger partial charge in [-0.15, -0.1) is 0 Å². The zero-order valence-electron chi connectivity index (χ0n) is 9.98. The van der Waals surface area contributed by atoms with Gasteiger partial charge < -0.3 is 14.6 Å². The van der Waals surface area contributed by atoms with E-state index in [1.54, 1.807) is 6.92 Å². The molecular weight excluding hydrogens is 224 g/mol. The lowest BCUT2D eigenvalue weighted by Crippen LogP contribution is -2.27. The average Bonchev–Trinajstić information content (AvgIpc) is 2.29. The molecule has 0 bridgehead atoms. The molecule has 0 aliphatic heterocycles. The Labute approximate surface area is 100 Å². The Morgan fingerprint density at radius 2 is 2.12 bits per heavy atom. The number of ketones is 1. The van der Waals surface area contributed by atoms with Gasteiger partial charge in [0.2, 0.25) is 0 Å². The maximum Gasteiger partial charge on any atom is 0.332 e. The van der Waals surface area contributed by atoms with Crippen LogP contribution in [-0.2, 0) is 19.1 Å². The van der Waals surface area contributed by atoms with Crippen molar-refractivity contribution in [2.45, 2.75) is 45.0 Å². The summed E-state index contributed by atoms with van der Waals surface area (Å²) in [5.74, 6) is -0.309. The molecule has 0 heterocycles. The summed E-state index contributed by atoms with van der Waals surface area (Å²) < 4.78 is 9.96. The highest BCUT2D eigenvalue weighted by Crippen LogP contribution is 2.18. The van der Waals surface area contributed by atoms with Crippen LogP contribution in [0.3, 0.4) is 0 Å². The molecule has 0 aromatic rings. The van der Waals surface area contributed by atoms with Gasteiger partial charge in [-0.05, 0) is 25.3 Å². The summed E-state index contributed by atoms with van der Waals surface area (Å²) in [6.07, 6.45) is 0.739. The van der Waals surface area contributed by atoms with Gasteiger partial charge in [0.05, 0.1) is 0 Å². The fourth-order valence-corrected chi connectivity index (χ4v) is 1.54. The second kappa shape index (κ2) is 6.51. The van der Waals surface area contributed by atoms with Crippen LogP contribution in [0.25, 0.3) is 0 Å². The predicted octanol–water partition coefficient (Wildman–Crippen LogP) is 0.952. The Bertz CT molecular complexity index is 300. The van der Waals surface area contributed by atoms with Gasteiger partial charge in [-0.25, -0.2) is 4.79 Å². The molecule has 5 heteroatoms. The highest BCUT2D eigenvalue weighted by Gasteiger charge is 2.22. The molecule has 1 fully saturated rings. The smallest absolute Gasteiger partial charge is 0.332 e. The van der Waals surface area contributed by atoms with Crippen molar-refractivity contribution in [1.29, 1.82) is 0 Å². The number of aliphatic hydroxyl groups excluding tert-OH is 1. The number of aliphatic hydroxyl groups is 1. The third-order valence-corrected chi connectivity index (χ3v) is 2.57. The minimum Gasteiger partial charge on any atom is -0.461 e. The highest BCUT2D eigenvalue weighted by atomic mass is 16.6. The minimum atomic E-state index is -1.14. The number of Topliss-reactive ketones (excluding diaryl/α,β-unsaturated/α-hetero) is 1. The number of hydrogen-bond donors (Lipinski definition) is 1. The van der Waals surface area contributed by atoms with Crippen LogP contribution in [0.2, 0.25) is 0 Å². The van der Waals surface area contributed by atoms with Crippen LogP contribution in [-0.4, -0.2) is 35.9 Å². The molecule has 1 atom stereocenters. The van der Waals surface area contributed by atoms with Crippen LogP contribution in [0.4, 0.5) is 0 Å². The van der Waals surface area contributed by atoms with Gasteiger partial charge in [-0.1, -0.05) is 6.58 Å². The molecule has 17 heavy (non-hydrogen) atoms. The molecule has 1 aliphatic rings. The Hall–Kier alpha value is -1.20. The van der Waals surface area contributed by atoms with Crippen molar-refractivity contribution in [1.82, 2.24) is 0 Å². The summed E-state index contributed by atoms with van der Waals surface area (Å²) >= 11 is 0.